The van der Waals surface area contributed by atoms with E-state index in [2.05, 4.69) is 20.3 Å². The highest BCUT2D eigenvalue weighted by Crippen LogP contribution is 2.32. The molecule has 1 radical (unpaired) electrons. The highest BCUT2D eigenvalue weighted by Gasteiger charge is 2.37. The van der Waals surface area contributed by atoms with Gasteiger partial charge in [-0.1, -0.05) is 18.2 Å². The van der Waals surface area contributed by atoms with E-state index in [1.807, 2.05) is 6.07 Å². The summed E-state index contributed by atoms with van der Waals surface area (Å²) in [5.74, 6) is -0.0795. The van der Waals surface area contributed by atoms with Crippen molar-refractivity contribution in [1.82, 2.24) is 19.5 Å². The smallest absolute Gasteiger partial charge is 0.256 e. The maximum Gasteiger partial charge on any atom is 0.256 e. The second kappa shape index (κ2) is 6.77. The molecule has 26 heavy (non-hydrogen) atoms. The molecule has 1 amide bonds. The van der Waals surface area contributed by atoms with Gasteiger partial charge in [0.1, 0.15) is 24.8 Å². The number of carbonyl (C=O) groups is 1. The fraction of sp³-hybridized carbons (Fsp3) is 0.235. The van der Waals surface area contributed by atoms with E-state index in [0.29, 0.717) is 16.7 Å². The number of amides is 1. The van der Waals surface area contributed by atoms with Gasteiger partial charge >= 0.3 is 0 Å². The highest BCUT2D eigenvalue weighted by atomic mass is 19.1. The van der Waals surface area contributed by atoms with Crippen LogP contribution in [0.1, 0.15) is 16.6 Å². The molecular weight excluding hydrogens is 341 g/mol. The van der Waals surface area contributed by atoms with Crippen LogP contribution in [0, 0.1) is 6.42 Å². The Hall–Kier alpha value is -2.91. The molecule has 133 valence electrons. The van der Waals surface area contributed by atoms with Crippen molar-refractivity contribution in [3.8, 4) is 0 Å². The van der Waals surface area contributed by atoms with Crippen LogP contribution in [-0.4, -0.2) is 49.4 Å². The molecule has 0 spiro atoms. The van der Waals surface area contributed by atoms with E-state index < -0.39 is 25.1 Å². The Morgan fingerprint density at radius 2 is 2.08 bits per heavy atom. The third kappa shape index (κ3) is 2.91. The van der Waals surface area contributed by atoms with Crippen molar-refractivity contribution in [2.45, 2.75) is 18.5 Å². The van der Waals surface area contributed by atoms with E-state index in [4.69, 9.17) is 9.84 Å². The summed E-state index contributed by atoms with van der Waals surface area (Å²) in [5.41, 5.74) is 1.23. The topological polar surface area (TPSA) is 102 Å². The lowest BCUT2D eigenvalue weighted by Gasteiger charge is -2.13. The standard InChI is InChI=1S/C17H15FN5O3/c18-11-6-13(26-12(11)7-24)23-9-21-14-15(19-8-20-16(14)23)22-17(25)10-4-2-1-3-5-10/h1-6,8-9,11-13,24H,7H2,(H,19,20,22,25)/t11-,12-,13-/m1/s1. The molecule has 2 aromatic heterocycles. The quantitative estimate of drug-likeness (QED) is 0.735. The zero-order valence-electron chi connectivity index (χ0n) is 13.5. The van der Waals surface area contributed by atoms with Crippen LogP contribution in [0.25, 0.3) is 11.2 Å². The van der Waals surface area contributed by atoms with Gasteiger partial charge in [0.05, 0.1) is 12.9 Å². The fourth-order valence-corrected chi connectivity index (χ4v) is 2.78. The fourth-order valence-electron chi connectivity index (χ4n) is 2.78. The van der Waals surface area contributed by atoms with E-state index in [0.717, 1.165) is 0 Å². The third-order valence-corrected chi connectivity index (χ3v) is 4.10. The molecule has 3 atom stereocenters. The van der Waals surface area contributed by atoms with E-state index >= 15 is 0 Å². The highest BCUT2D eigenvalue weighted by molar-refractivity contribution is 6.06. The molecule has 3 heterocycles. The minimum Gasteiger partial charge on any atom is -0.394 e. The van der Waals surface area contributed by atoms with Crippen LogP contribution in [0.2, 0.25) is 0 Å². The molecule has 8 nitrogen and oxygen atoms in total. The summed E-state index contributed by atoms with van der Waals surface area (Å²) in [6.45, 7) is -0.422. The molecule has 1 aromatic carbocycles. The van der Waals surface area contributed by atoms with Crippen molar-refractivity contribution >= 4 is 22.9 Å². The molecule has 0 unspecified atom stereocenters. The number of hydrogen-bond donors (Lipinski definition) is 2. The van der Waals surface area contributed by atoms with Crippen molar-refractivity contribution < 1.29 is 19.0 Å². The van der Waals surface area contributed by atoms with Gasteiger partial charge < -0.3 is 15.2 Å². The number of fused-ring (bicyclic) bond motifs is 1. The first-order valence-corrected chi connectivity index (χ1v) is 7.96. The molecule has 3 aromatic rings. The molecule has 4 rings (SSSR count). The van der Waals surface area contributed by atoms with Crippen molar-refractivity contribution in [2.75, 3.05) is 11.9 Å². The number of aromatic nitrogens is 4. The number of halogens is 1. The van der Waals surface area contributed by atoms with E-state index in [-0.39, 0.29) is 11.7 Å². The number of ether oxygens (including phenoxy) is 1. The number of hydrogen-bond acceptors (Lipinski definition) is 6. The average Bonchev–Trinajstić information content (AvgIpc) is 3.26. The Labute approximate surface area is 147 Å². The summed E-state index contributed by atoms with van der Waals surface area (Å²) in [6.07, 6.45) is 0.988. The minimum atomic E-state index is -1.39. The summed E-state index contributed by atoms with van der Waals surface area (Å²) in [7, 11) is 0. The maximum atomic E-state index is 13.8. The molecule has 9 heteroatoms. The molecule has 0 saturated carbocycles. The maximum absolute atomic E-state index is 13.8. The summed E-state index contributed by atoms with van der Waals surface area (Å²) in [6, 6.07) is 8.71. The lowest BCUT2D eigenvalue weighted by Crippen LogP contribution is -2.21. The van der Waals surface area contributed by atoms with Crippen molar-refractivity contribution in [1.29, 1.82) is 0 Å². The van der Waals surface area contributed by atoms with Crippen molar-refractivity contribution in [2.24, 2.45) is 0 Å². The Bertz CT molecular complexity index is 933. The van der Waals surface area contributed by atoms with Crippen LogP contribution in [0.3, 0.4) is 0 Å². The number of aliphatic hydroxyl groups excluding tert-OH is 1. The number of carbonyl (C=O) groups excluding carboxylic acids is 1. The SMILES string of the molecule is O=C(Nc1ncnc2c1ncn2[C@H]1[CH][C@@H](F)[C@@H](CO)O1)c1ccccc1. The Morgan fingerprint density at radius 1 is 1.27 bits per heavy atom. The minimum absolute atomic E-state index is 0.246. The van der Waals surface area contributed by atoms with Gasteiger partial charge in [0.2, 0.25) is 0 Å². The number of aliphatic hydroxyl groups is 1. The number of alkyl halides is 1. The van der Waals surface area contributed by atoms with Gasteiger partial charge in [-0.25, -0.2) is 19.3 Å². The monoisotopic (exact) mass is 356 g/mol. The predicted molar refractivity (Wildman–Crippen MR) is 89.9 cm³/mol. The van der Waals surface area contributed by atoms with Crippen LogP contribution in [0.5, 0.6) is 0 Å². The first kappa shape index (κ1) is 16.6. The molecule has 1 saturated heterocycles. The van der Waals surface area contributed by atoms with Gasteiger partial charge in [-0.05, 0) is 12.1 Å². The van der Waals surface area contributed by atoms with Gasteiger partial charge in [0, 0.05) is 12.0 Å². The lowest BCUT2D eigenvalue weighted by molar-refractivity contribution is -0.0294. The lowest BCUT2D eigenvalue weighted by atomic mass is 10.2. The Morgan fingerprint density at radius 3 is 2.81 bits per heavy atom. The summed E-state index contributed by atoms with van der Waals surface area (Å²) < 4.78 is 20.8. The second-order valence-electron chi connectivity index (χ2n) is 5.75. The van der Waals surface area contributed by atoms with E-state index in [1.54, 1.807) is 24.3 Å². The van der Waals surface area contributed by atoms with Crippen LogP contribution in [0.4, 0.5) is 10.2 Å². The zero-order valence-corrected chi connectivity index (χ0v) is 13.5. The summed E-state index contributed by atoms with van der Waals surface area (Å²) in [5, 5.41) is 11.8. The van der Waals surface area contributed by atoms with Crippen LogP contribution >= 0.6 is 0 Å². The Balaban J connectivity index is 1.63. The van der Waals surface area contributed by atoms with Crippen LogP contribution in [-0.2, 0) is 4.74 Å². The van der Waals surface area contributed by atoms with Gasteiger partial charge in [0.25, 0.3) is 5.91 Å². The summed E-state index contributed by atoms with van der Waals surface area (Å²) in [4.78, 5) is 24.8. The van der Waals surface area contributed by atoms with E-state index in [9.17, 15) is 9.18 Å². The zero-order chi connectivity index (χ0) is 18.1. The van der Waals surface area contributed by atoms with Crippen molar-refractivity contribution in [3.05, 3.63) is 55.0 Å². The third-order valence-electron chi connectivity index (χ3n) is 4.10. The second-order valence-corrected chi connectivity index (χ2v) is 5.75. The predicted octanol–water partition coefficient (Wildman–Crippen LogP) is 1.51. The number of imidazole rings is 1. The number of benzene rings is 1. The van der Waals surface area contributed by atoms with Crippen LogP contribution in [0.15, 0.2) is 43.0 Å². The molecule has 1 aliphatic heterocycles. The number of nitrogens with zero attached hydrogens (tertiary/aromatic N) is 4. The van der Waals surface area contributed by atoms with Crippen molar-refractivity contribution in [3.63, 3.8) is 0 Å². The first-order chi connectivity index (χ1) is 12.7. The van der Waals surface area contributed by atoms with Crippen LogP contribution < -0.4 is 5.32 Å². The molecule has 0 aliphatic carbocycles. The Kier molecular flexibility index (Phi) is 4.31. The molecular formula is C17H15FN5O3. The van der Waals surface area contributed by atoms with E-state index in [1.165, 1.54) is 23.6 Å². The van der Waals surface area contributed by atoms with Gasteiger partial charge in [-0.3, -0.25) is 9.36 Å². The first-order valence-electron chi connectivity index (χ1n) is 7.96. The summed E-state index contributed by atoms with van der Waals surface area (Å²) >= 11 is 0. The number of nitrogens with one attached hydrogen (secondary N) is 1. The van der Waals surface area contributed by atoms with Gasteiger partial charge in [0.15, 0.2) is 17.0 Å². The van der Waals surface area contributed by atoms with Gasteiger partial charge in [-0.15, -0.1) is 0 Å². The number of rotatable bonds is 4. The number of anilines is 1. The molecule has 1 aliphatic rings. The average molecular weight is 356 g/mol. The van der Waals surface area contributed by atoms with Gasteiger partial charge in [-0.2, -0.15) is 0 Å². The molecule has 1 fully saturated rings. The molecule has 2 N–H and O–H groups in total. The normalized spacial score (nSPS) is 22.6. The molecule has 0 bridgehead atoms. The largest absolute Gasteiger partial charge is 0.394 e.